The SMILES string of the molecule is Cc1cc(NC(=O)c2c3c(cn2C)S(=O)(=O)N[C@]2(C)CN(C(=O)C(=O)NC4CC4)C[C@@H]2CO3)ccc1F. The summed E-state index contributed by atoms with van der Waals surface area (Å²) in [4.78, 5) is 39.3. The Kier molecular flexibility index (Phi) is 6.02. The van der Waals surface area contributed by atoms with Crippen molar-refractivity contribution in [1.82, 2.24) is 19.5 Å². The maximum absolute atomic E-state index is 13.6. The molecule has 1 saturated heterocycles. The van der Waals surface area contributed by atoms with Crippen molar-refractivity contribution >= 4 is 33.4 Å². The molecule has 0 spiro atoms. The number of halogens is 1. The number of anilines is 1. The van der Waals surface area contributed by atoms with Gasteiger partial charge in [0, 0.05) is 44.0 Å². The third-order valence-corrected chi connectivity index (χ3v) is 8.68. The Bertz CT molecular complexity index is 1420. The highest BCUT2D eigenvalue weighted by atomic mass is 32.2. The zero-order valence-electron chi connectivity index (χ0n) is 20.6. The first kappa shape index (κ1) is 25.2. The van der Waals surface area contributed by atoms with Crippen molar-refractivity contribution in [2.45, 2.75) is 43.2 Å². The Morgan fingerprint density at radius 2 is 1.97 bits per heavy atom. The molecule has 3 aliphatic rings. The Balaban J connectivity index is 1.41. The molecule has 3 heterocycles. The molecular weight excluding hydrogens is 505 g/mol. The molecule has 0 bridgehead atoms. The van der Waals surface area contributed by atoms with E-state index in [0.717, 1.165) is 12.8 Å². The van der Waals surface area contributed by atoms with Gasteiger partial charge in [-0.25, -0.2) is 17.5 Å². The van der Waals surface area contributed by atoms with E-state index in [0.29, 0.717) is 11.3 Å². The minimum absolute atomic E-state index is 0.00000620. The van der Waals surface area contributed by atoms with Gasteiger partial charge in [-0.15, -0.1) is 0 Å². The molecule has 1 saturated carbocycles. The van der Waals surface area contributed by atoms with Crippen LogP contribution in [-0.4, -0.2) is 66.9 Å². The molecule has 1 aliphatic carbocycles. The average Bonchev–Trinajstić information content (AvgIpc) is 3.48. The molecule has 37 heavy (non-hydrogen) atoms. The zero-order valence-corrected chi connectivity index (χ0v) is 21.4. The number of amides is 3. The van der Waals surface area contributed by atoms with Gasteiger partial charge in [0.15, 0.2) is 11.4 Å². The third-order valence-electron chi connectivity index (χ3n) is 7.07. The third kappa shape index (κ3) is 4.68. The minimum Gasteiger partial charge on any atom is -0.489 e. The van der Waals surface area contributed by atoms with Crippen LogP contribution in [0.1, 0.15) is 35.8 Å². The van der Waals surface area contributed by atoms with Crippen molar-refractivity contribution in [3.05, 3.63) is 41.5 Å². The van der Waals surface area contributed by atoms with E-state index in [9.17, 15) is 27.2 Å². The van der Waals surface area contributed by atoms with Crippen LogP contribution >= 0.6 is 0 Å². The number of aryl methyl sites for hydroxylation is 2. The molecule has 1 aromatic carbocycles. The zero-order chi connectivity index (χ0) is 26.7. The van der Waals surface area contributed by atoms with Gasteiger partial charge in [0.1, 0.15) is 10.7 Å². The smallest absolute Gasteiger partial charge is 0.311 e. The highest BCUT2D eigenvalue weighted by Gasteiger charge is 2.50. The van der Waals surface area contributed by atoms with E-state index in [1.54, 1.807) is 13.8 Å². The van der Waals surface area contributed by atoms with Crippen LogP contribution in [0.3, 0.4) is 0 Å². The van der Waals surface area contributed by atoms with Crippen molar-refractivity contribution in [3.8, 4) is 5.75 Å². The second-order valence-electron chi connectivity index (χ2n) is 10.2. The number of aromatic nitrogens is 1. The van der Waals surface area contributed by atoms with Crippen molar-refractivity contribution in [3.63, 3.8) is 0 Å². The Morgan fingerprint density at radius 3 is 2.65 bits per heavy atom. The van der Waals surface area contributed by atoms with Gasteiger partial charge in [-0.05, 0) is 50.5 Å². The Morgan fingerprint density at radius 1 is 1.24 bits per heavy atom. The Labute approximate surface area is 213 Å². The molecule has 11 nitrogen and oxygen atoms in total. The van der Waals surface area contributed by atoms with Crippen LogP contribution in [-0.2, 0) is 26.7 Å². The predicted octanol–water partition coefficient (Wildman–Crippen LogP) is 0.891. The van der Waals surface area contributed by atoms with E-state index in [1.807, 2.05) is 0 Å². The van der Waals surface area contributed by atoms with Crippen molar-refractivity contribution < 1.29 is 31.9 Å². The summed E-state index contributed by atoms with van der Waals surface area (Å²) >= 11 is 0. The van der Waals surface area contributed by atoms with Crippen LogP contribution in [0, 0.1) is 18.7 Å². The second-order valence-corrected chi connectivity index (χ2v) is 11.8. The monoisotopic (exact) mass is 533 g/mol. The van der Waals surface area contributed by atoms with Crippen LogP contribution < -0.4 is 20.1 Å². The number of rotatable bonds is 3. The van der Waals surface area contributed by atoms with Crippen LogP contribution in [0.2, 0.25) is 0 Å². The van der Waals surface area contributed by atoms with E-state index < -0.39 is 45.0 Å². The molecule has 198 valence electrons. The summed E-state index contributed by atoms with van der Waals surface area (Å²) in [5.41, 5.74) is -0.433. The maximum Gasteiger partial charge on any atom is 0.311 e. The number of fused-ring (bicyclic) bond motifs is 2. The number of likely N-dealkylation sites (tertiary alicyclic amines) is 1. The summed E-state index contributed by atoms with van der Waals surface area (Å²) in [5, 5.41) is 5.32. The fourth-order valence-corrected chi connectivity index (χ4v) is 6.46. The van der Waals surface area contributed by atoms with Crippen LogP contribution in [0.4, 0.5) is 10.1 Å². The lowest BCUT2D eigenvalue weighted by Gasteiger charge is -2.33. The predicted molar refractivity (Wildman–Crippen MR) is 130 cm³/mol. The van der Waals surface area contributed by atoms with Gasteiger partial charge < -0.3 is 24.8 Å². The van der Waals surface area contributed by atoms with E-state index in [2.05, 4.69) is 15.4 Å². The van der Waals surface area contributed by atoms with Crippen molar-refractivity contribution in [2.24, 2.45) is 13.0 Å². The number of carbonyl (C=O) groups is 3. The van der Waals surface area contributed by atoms with E-state index in [-0.39, 0.29) is 42.1 Å². The summed E-state index contributed by atoms with van der Waals surface area (Å²) in [6.07, 6.45) is 2.96. The summed E-state index contributed by atoms with van der Waals surface area (Å²) in [7, 11) is -2.65. The minimum atomic E-state index is -4.18. The number of benzene rings is 1. The highest BCUT2D eigenvalue weighted by Crippen LogP contribution is 2.38. The number of ether oxygens (including phenoxy) is 1. The molecule has 1 aromatic heterocycles. The van der Waals surface area contributed by atoms with Crippen LogP contribution in [0.15, 0.2) is 29.3 Å². The van der Waals surface area contributed by atoms with Gasteiger partial charge in [-0.1, -0.05) is 0 Å². The lowest BCUT2D eigenvalue weighted by molar-refractivity contribution is -0.145. The molecule has 5 rings (SSSR count). The number of hydrogen-bond acceptors (Lipinski definition) is 6. The topological polar surface area (TPSA) is 139 Å². The molecule has 0 radical (unpaired) electrons. The summed E-state index contributed by atoms with van der Waals surface area (Å²) in [6, 6.07) is 4.11. The van der Waals surface area contributed by atoms with E-state index in [4.69, 9.17) is 4.74 Å². The fourth-order valence-electron chi connectivity index (χ4n) is 4.81. The van der Waals surface area contributed by atoms with Crippen molar-refractivity contribution in [2.75, 3.05) is 25.0 Å². The van der Waals surface area contributed by atoms with Gasteiger partial charge in [0.2, 0.25) is 10.0 Å². The first-order valence-corrected chi connectivity index (χ1v) is 13.4. The second kappa shape index (κ2) is 8.84. The van der Waals surface area contributed by atoms with Gasteiger partial charge in [-0.2, -0.15) is 0 Å². The molecule has 2 aliphatic heterocycles. The Hall–Kier alpha value is -3.45. The van der Waals surface area contributed by atoms with Gasteiger partial charge in [-0.3, -0.25) is 14.4 Å². The number of carbonyl (C=O) groups excluding carboxylic acids is 3. The number of nitrogens with zero attached hydrogens (tertiary/aromatic N) is 2. The first-order chi connectivity index (χ1) is 17.4. The average molecular weight is 534 g/mol. The largest absolute Gasteiger partial charge is 0.489 e. The van der Waals surface area contributed by atoms with Crippen molar-refractivity contribution in [1.29, 1.82) is 0 Å². The molecule has 3 N–H and O–H groups in total. The lowest BCUT2D eigenvalue weighted by Crippen LogP contribution is -2.54. The van der Waals surface area contributed by atoms with Crippen LogP contribution in [0.25, 0.3) is 0 Å². The number of hydrogen-bond donors (Lipinski definition) is 3. The fraction of sp³-hybridized carbons (Fsp3) is 0.458. The molecule has 0 unspecified atom stereocenters. The molecule has 13 heteroatoms. The van der Waals surface area contributed by atoms with Gasteiger partial charge in [0.05, 0.1) is 12.1 Å². The molecule has 3 amide bonds. The summed E-state index contributed by atoms with van der Waals surface area (Å²) in [6.45, 7) is 3.33. The normalized spacial score (nSPS) is 24.2. The quantitative estimate of drug-likeness (QED) is 0.501. The van der Waals surface area contributed by atoms with Gasteiger partial charge >= 0.3 is 11.8 Å². The molecular formula is C24H28FN5O6S. The van der Waals surface area contributed by atoms with E-state index in [1.165, 1.54) is 40.9 Å². The number of nitrogens with one attached hydrogen (secondary N) is 3. The maximum atomic E-state index is 13.6. The summed E-state index contributed by atoms with van der Waals surface area (Å²) < 4.78 is 50.5. The molecule has 2 fully saturated rings. The van der Waals surface area contributed by atoms with Gasteiger partial charge in [0.25, 0.3) is 5.91 Å². The number of sulfonamides is 1. The molecule has 2 atom stereocenters. The lowest BCUT2D eigenvalue weighted by atomic mass is 9.91. The first-order valence-electron chi connectivity index (χ1n) is 11.9. The van der Waals surface area contributed by atoms with Crippen LogP contribution in [0.5, 0.6) is 5.75 Å². The standard InChI is InChI=1S/C24H28FN5O6S/c1-13-8-16(6-7-17(13)25)27-21(31)19-20-18(10-29(19)3)37(34,35)28-24(2)12-30(9-14(24)11-36-20)23(33)22(32)26-15-4-5-15/h6-8,10,14-15,28H,4-5,9,11-12H2,1-3H3,(H,26,32)(H,27,31)/t14-,24-/m1/s1. The van der Waals surface area contributed by atoms with E-state index >= 15 is 0 Å². The molecule has 2 aromatic rings. The highest BCUT2D eigenvalue weighted by molar-refractivity contribution is 7.89. The summed E-state index contributed by atoms with van der Waals surface area (Å²) in [5.74, 6) is -3.07.